The highest BCUT2D eigenvalue weighted by atomic mass is 32.2. The Morgan fingerprint density at radius 1 is 0.283 bits per heavy atom. The Bertz CT molecular complexity index is 4540. The van der Waals surface area contributed by atoms with Gasteiger partial charge in [0.2, 0.25) is 0 Å². The average molecular weight is 1770 g/mol. The Labute approximate surface area is 702 Å². The maximum atomic E-state index is 13.7. The van der Waals surface area contributed by atoms with Crippen LogP contribution in [0.4, 0.5) is 22.0 Å². The summed E-state index contributed by atoms with van der Waals surface area (Å²) in [6.07, 6.45) is 0. The van der Waals surface area contributed by atoms with Gasteiger partial charge in [-0.3, -0.25) is 64.9 Å². The number of nitrogens with two attached hydrogens (primary N) is 12. The average Bonchev–Trinajstić information content (AvgIpc) is 0.813. The van der Waals surface area contributed by atoms with Crippen molar-refractivity contribution in [1.82, 2.24) is 9.97 Å². The highest BCUT2D eigenvalue weighted by molar-refractivity contribution is 8.15. The molecule has 606 valence electrons. The first-order valence-corrected chi connectivity index (χ1v) is 44.2. The number of halogens is 5. The van der Waals surface area contributed by atoms with Crippen LogP contribution in [0.1, 0.15) is 93.4 Å². The number of hydrogen-bond donors (Lipinski definition) is 24. The molecule has 0 unspecified atom stereocenters. The molecule has 8 rings (SSSR count). The standard InChI is InChI=1S/C14H16N4S2.C14H22N4S2.C12H14N6S2.C10H10F4N4S2.C10H13FN4S2.C10H14N4S2/c15-13(16)19-7-10-6-5-9-3-1-2-4-11(9)12(10)8-20-14(17)18;1-14(2,3)11-5-4-9(7-19-12(15)16)10(6-11)8-20-13(17)18;13-11(14)19-5-9-10(6-20-12(15)16)18-8-4-2-1-3-7(8)17-9;11-5-3(1-19-9(15)16)4(2-20-10(17)18)6(12)8(14)7(5)13;11-8-2-1-6(4-16-9(12)13)7(3-8)5-17-10(14)15;11-9(12)15-5-7-3-1-2-4-8(7)6-16-10(13)14/h1-6H,7-8H2,(H3,15,16)(H3,17,18);4-6H,7-8H2,1-3H3,(H3,15,16)(H3,17,18);1-4H,5-6H2,(H3,13,14)(H3,15,16);1-2H2,(H3,15,16)(H3,17,18);1-3H,4-5H2,(H3,12,13)(H3,14,15);1-4H,5-6H2,(H3,11,12)(H3,13,14). The molecule has 1 aromatic heterocycles. The monoisotopic (exact) mass is 1770 g/mol. The summed E-state index contributed by atoms with van der Waals surface area (Å²) in [7, 11) is 0. The van der Waals surface area contributed by atoms with E-state index >= 15 is 0 Å². The number of nitrogens with zero attached hydrogens (tertiary/aromatic N) is 2. The summed E-state index contributed by atoms with van der Waals surface area (Å²) in [5.74, 6) is -1.91. The molecule has 0 radical (unpaired) electrons. The van der Waals surface area contributed by atoms with Gasteiger partial charge in [-0.15, -0.1) is 0 Å². The van der Waals surface area contributed by atoms with Crippen LogP contribution in [-0.4, -0.2) is 72.0 Å². The van der Waals surface area contributed by atoms with Gasteiger partial charge in [0.1, 0.15) is 5.82 Å². The van der Waals surface area contributed by atoms with E-state index in [0.717, 1.165) is 78.7 Å². The van der Waals surface area contributed by atoms with Crippen molar-refractivity contribution in [3.8, 4) is 0 Å². The Balaban J connectivity index is 0.000000352. The van der Waals surface area contributed by atoms with Crippen molar-refractivity contribution in [2.45, 2.75) is 95.2 Å². The molecule has 0 amide bonds. The number of thioether (sulfide) groups is 12. The Morgan fingerprint density at radius 2 is 0.558 bits per heavy atom. The first-order chi connectivity index (χ1) is 53.2. The quantitative estimate of drug-likeness (QED) is 0.00878. The molecule has 113 heavy (non-hydrogen) atoms. The molecule has 0 aliphatic rings. The molecule has 36 N–H and O–H groups in total. The topological polar surface area (TPSA) is 624 Å². The lowest BCUT2D eigenvalue weighted by Gasteiger charge is -2.21. The predicted octanol–water partition coefficient (Wildman–Crippen LogP) is 14.7. The van der Waals surface area contributed by atoms with E-state index in [4.69, 9.17) is 134 Å². The number of nitrogens with one attached hydrogen (secondary N) is 12. The summed E-state index contributed by atoms with van der Waals surface area (Å²) >= 11 is 13.9. The summed E-state index contributed by atoms with van der Waals surface area (Å²) in [6.45, 7) is 6.52. The van der Waals surface area contributed by atoms with Crippen LogP contribution < -0.4 is 68.8 Å². The highest BCUT2D eigenvalue weighted by Crippen LogP contribution is 2.34. The predicted molar refractivity (Wildman–Crippen MR) is 486 cm³/mol. The Kier molecular flexibility index (Phi) is 45.0. The molecule has 0 aliphatic heterocycles. The maximum Gasteiger partial charge on any atom is 0.197 e. The van der Waals surface area contributed by atoms with Crippen LogP contribution >= 0.6 is 141 Å². The van der Waals surface area contributed by atoms with Gasteiger partial charge in [0, 0.05) is 80.2 Å². The molecule has 0 atom stereocenters. The zero-order valence-electron chi connectivity index (χ0n) is 61.1. The van der Waals surface area contributed by atoms with E-state index in [9.17, 15) is 22.0 Å². The van der Waals surface area contributed by atoms with Gasteiger partial charge in [-0.25, -0.2) is 31.9 Å². The van der Waals surface area contributed by atoms with Crippen molar-refractivity contribution < 1.29 is 22.0 Å². The third-order valence-electron chi connectivity index (χ3n) is 14.2. The lowest BCUT2D eigenvalue weighted by molar-refractivity contribution is 0.402. The van der Waals surface area contributed by atoms with Gasteiger partial charge in [0.25, 0.3) is 0 Å². The van der Waals surface area contributed by atoms with Crippen LogP contribution in [0.25, 0.3) is 21.8 Å². The lowest BCUT2D eigenvalue weighted by atomic mass is 9.85. The molecular formula is C70H89F5N26S12. The molecule has 0 bridgehead atoms. The lowest BCUT2D eigenvalue weighted by Crippen LogP contribution is -2.12. The van der Waals surface area contributed by atoms with Gasteiger partial charge in [0.15, 0.2) is 85.3 Å². The van der Waals surface area contributed by atoms with Crippen molar-refractivity contribution in [1.29, 1.82) is 64.9 Å². The number of aromatic nitrogens is 2. The fourth-order valence-electron chi connectivity index (χ4n) is 8.92. The molecule has 0 saturated carbocycles. The second kappa shape index (κ2) is 51.5. The van der Waals surface area contributed by atoms with Crippen molar-refractivity contribution in [3.05, 3.63) is 223 Å². The smallest absolute Gasteiger partial charge is 0.197 e. The maximum absolute atomic E-state index is 13.7. The van der Waals surface area contributed by atoms with Gasteiger partial charge in [-0.2, -0.15) is 0 Å². The third-order valence-corrected chi connectivity index (χ3v) is 23.3. The molecular weight excluding hydrogens is 1680 g/mol. The molecule has 43 heteroatoms. The van der Waals surface area contributed by atoms with Gasteiger partial charge in [0.05, 0.1) is 22.4 Å². The summed E-state index contributed by atoms with van der Waals surface area (Å²) in [6, 6.07) is 38.7. The summed E-state index contributed by atoms with van der Waals surface area (Å²) in [5, 5.41) is 88.9. The van der Waals surface area contributed by atoms with Crippen LogP contribution in [0.5, 0.6) is 0 Å². The van der Waals surface area contributed by atoms with E-state index in [2.05, 4.69) is 73.2 Å². The van der Waals surface area contributed by atoms with E-state index in [0.29, 0.717) is 81.1 Å². The van der Waals surface area contributed by atoms with E-state index in [1.54, 1.807) is 6.07 Å². The number of para-hydroxylation sites is 2. The largest absolute Gasteiger partial charge is 0.379 e. The van der Waals surface area contributed by atoms with Crippen LogP contribution in [0.2, 0.25) is 0 Å². The van der Waals surface area contributed by atoms with Crippen LogP contribution in [0, 0.1) is 94.0 Å². The Hall–Kier alpha value is -8.37. The molecule has 8 aromatic rings. The molecule has 0 spiro atoms. The summed E-state index contributed by atoms with van der Waals surface area (Å²) in [5.41, 5.74) is 75.8. The summed E-state index contributed by atoms with van der Waals surface area (Å²) < 4.78 is 66.9. The van der Waals surface area contributed by atoms with Gasteiger partial charge in [-0.05, 0) is 90.5 Å². The second-order valence-corrected chi connectivity index (χ2v) is 35.7. The second-order valence-electron chi connectivity index (χ2n) is 23.5. The van der Waals surface area contributed by atoms with Crippen molar-refractivity contribution in [3.63, 3.8) is 0 Å². The van der Waals surface area contributed by atoms with Crippen molar-refractivity contribution in [2.24, 2.45) is 68.8 Å². The first kappa shape index (κ1) is 98.8. The van der Waals surface area contributed by atoms with Crippen LogP contribution in [0.15, 0.2) is 121 Å². The van der Waals surface area contributed by atoms with Gasteiger partial charge in [-0.1, -0.05) is 259 Å². The Morgan fingerprint density at radius 3 is 0.920 bits per heavy atom. The fourth-order valence-corrected chi connectivity index (χ4v) is 15.9. The minimum atomic E-state index is -1.92. The fraction of sp³-hybridized carbons (Fsp3) is 0.229. The third kappa shape index (κ3) is 39.0. The zero-order valence-corrected chi connectivity index (χ0v) is 70.9. The van der Waals surface area contributed by atoms with E-state index in [1.165, 1.54) is 134 Å². The normalized spacial score (nSPS) is 10.6. The molecule has 26 nitrogen and oxygen atoms in total. The number of benzene rings is 7. The van der Waals surface area contributed by atoms with Crippen LogP contribution in [0.3, 0.4) is 0 Å². The molecule has 7 aromatic carbocycles. The zero-order chi connectivity index (χ0) is 84.7. The van der Waals surface area contributed by atoms with E-state index in [-0.39, 0.29) is 84.7 Å². The van der Waals surface area contributed by atoms with Crippen LogP contribution in [-0.2, 0) is 74.4 Å². The minimum absolute atomic E-state index is 0.000526. The molecule has 0 fully saturated rings. The SMILES string of the molecule is CC(C)(C)c1ccc(CSC(=N)N)c(CSC(=N)N)c1.N=C(N)SCc1c(F)c(F)c(F)c(F)c1CSC(=N)N.N=C(N)SCc1ccc(F)cc1CSC(=N)N.N=C(N)SCc1ccc2ccccc2c1CSC(=N)N.N=C(N)SCc1ccccc1CSC(=N)N.N=C(N)SCc1nc2ccccc2nc1CSC(=N)N. The summed E-state index contributed by atoms with van der Waals surface area (Å²) in [4.78, 5) is 9.13. The number of rotatable bonds is 24. The van der Waals surface area contributed by atoms with Crippen molar-refractivity contribution >= 4 is 225 Å². The van der Waals surface area contributed by atoms with Gasteiger partial charge >= 0.3 is 0 Å². The van der Waals surface area contributed by atoms with Crippen molar-refractivity contribution in [2.75, 3.05) is 0 Å². The minimum Gasteiger partial charge on any atom is -0.379 e. The van der Waals surface area contributed by atoms with Gasteiger partial charge < -0.3 is 68.8 Å². The number of hydrogen-bond acceptors (Lipinski definition) is 26. The number of fused-ring (bicyclic) bond motifs is 2. The van der Waals surface area contributed by atoms with E-state index in [1.807, 2.05) is 60.7 Å². The molecule has 1 heterocycles. The van der Waals surface area contributed by atoms with E-state index < -0.39 is 34.4 Å². The molecule has 0 saturated heterocycles. The molecule has 0 aliphatic carbocycles. The highest BCUT2D eigenvalue weighted by Gasteiger charge is 2.26. The number of amidine groups is 12. The first-order valence-electron chi connectivity index (χ1n) is 32.3.